The Labute approximate surface area is 146 Å². The molecule has 2 aliphatic heterocycles. The summed E-state index contributed by atoms with van der Waals surface area (Å²) in [5.74, 6) is 2.02. The van der Waals surface area contributed by atoms with Crippen molar-refractivity contribution in [3.63, 3.8) is 0 Å². The minimum atomic E-state index is -0.00679. The van der Waals surface area contributed by atoms with Gasteiger partial charge in [-0.25, -0.2) is 4.98 Å². The molecule has 0 bridgehead atoms. The number of ether oxygens (including phenoxy) is 2. The summed E-state index contributed by atoms with van der Waals surface area (Å²) in [6, 6.07) is 9.55. The largest absolute Gasteiger partial charge is 0.486 e. The fraction of sp³-hybridized carbons (Fsp3) is 0.368. The molecule has 1 saturated heterocycles. The third-order valence-electron chi connectivity index (χ3n) is 4.74. The first-order valence-electron chi connectivity index (χ1n) is 8.61. The van der Waals surface area contributed by atoms with Gasteiger partial charge in [0.05, 0.1) is 11.6 Å². The Hall–Kier alpha value is -2.76. The molecule has 3 heterocycles. The Morgan fingerprint density at radius 1 is 1.28 bits per heavy atom. The van der Waals surface area contributed by atoms with Gasteiger partial charge in [0.25, 0.3) is 5.91 Å². The van der Waals surface area contributed by atoms with E-state index in [0.717, 1.165) is 30.8 Å². The van der Waals surface area contributed by atoms with Crippen LogP contribution in [0.5, 0.6) is 11.5 Å². The molecule has 1 atom stereocenters. The van der Waals surface area contributed by atoms with Crippen LogP contribution in [0.4, 0.5) is 5.82 Å². The van der Waals surface area contributed by atoms with Gasteiger partial charge in [0, 0.05) is 19.8 Å². The minimum absolute atomic E-state index is 0.00679. The molecule has 1 aromatic heterocycles. The number of carbonyl (C=O) groups excluding carboxylic acids is 1. The summed E-state index contributed by atoms with van der Waals surface area (Å²) in [7, 11) is 1.84. The molecule has 0 spiro atoms. The molecule has 0 aliphatic carbocycles. The van der Waals surface area contributed by atoms with Crippen LogP contribution in [0.15, 0.2) is 36.5 Å². The highest BCUT2D eigenvalue weighted by atomic mass is 16.6. The van der Waals surface area contributed by atoms with Crippen molar-refractivity contribution in [1.82, 2.24) is 9.88 Å². The number of hydrogen-bond acceptors (Lipinski definition) is 5. The Balaban J connectivity index is 1.65. The maximum Gasteiger partial charge on any atom is 0.258 e. The molecule has 1 N–H and O–H groups in total. The summed E-state index contributed by atoms with van der Waals surface area (Å²) in [4.78, 5) is 19.4. The number of para-hydroxylation sites is 1. The number of benzene rings is 1. The van der Waals surface area contributed by atoms with E-state index < -0.39 is 0 Å². The van der Waals surface area contributed by atoms with E-state index in [9.17, 15) is 4.79 Å². The number of carbonyl (C=O) groups is 1. The van der Waals surface area contributed by atoms with Crippen LogP contribution in [0.1, 0.15) is 34.8 Å². The molecule has 25 heavy (non-hydrogen) atoms. The monoisotopic (exact) mass is 339 g/mol. The van der Waals surface area contributed by atoms with E-state index in [1.165, 1.54) is 0 Å². The van der Waals surface area contributed by atoms with Crippen LogP contribution in [-0.4, -0.2) is 42.6 Å². The predicted octanol–water partition coefficient (Wildman–Crippen LogP) is 2.87. The summed E-state index contributed by atoms with van der Waals surface area (Å²) in [6.45, 7) is 1.72. The predicted molar refractivity (Wildman–Crippen MR) is 94.2 cm³/mol. The quantitative estimate of drug-likeness (QED) is 0.931. The molecule has 1 amide bonds. The third-order valence-corrected chi connectivity index (χ3v) is 4.74. The number of fused-ring (bicyclic) bond motifs is 1. The normalized spacial score (nSPS) is 18.9. The van der Waals surface area contributed by atoms with E-state index in [1.807, 2.05) is 42.3 Å². The lowest BCUT2D eigenvalue weighted by Gasteiger charge is -2.27. The van der Waals surface area contributed by atoms with Gasteiger partial charge >= 0.3 is 0 Å². The standard InChI is InChI=1S/C19H21N3O3/c1-20-17-12-13(7-8-21-17)15-5-3-9-22(15)19(23)14-4-2-6-16-18(14)25-11-10-24-16/h2,4,6-8,12,15H,3,5,9-11H2,1H3,(H,20,21). The number of nitrogens with zero attached hydrogens (tertiary/aromatic N) is 2. The average molecular weight is 339 g/mol. The summed E-state index contributed by atoms with van der Waals surface area (Å²) in [5, 5.41) is 3.06. The lowest BCUT2D eigenvalue weighted by molar-refractivity contribution is 0.0725. The Morgan fingerprint density at radius 3 is 3.04 bits per heavy atom. The van der Waals surface area contributed by atoms with Gasteiger partial charge < -0.3 is 19.7 Å². The van der Waals surface area contributed by atoms with Crippen molar-refractivity contribution in [2.24, 2.45) is 0 Å². The number of pyridine rings is 1. The molecule has 0 saturated carbocycles. The van der Waals surface area contributed by atoms with Gasteiger partial charge in [-0.2, -0.15) is 0 Å². The minimum Gasteiger partial charge on any atom is -0.486 e. The van der Waals surface area contributed by atoms with Crippen molar-refractivity contribution >= 4 is 11.7 Å². The second-order valence-electron chi connectivity index (χ2n) is 6.21. The molecule has 130 valence electrons. The third kappa shape index (κ3) is 2.88. The zero-order valence-corrected chi connectivity index (χ0v) is 14.2. The van der Waals surface area contributed by atoms with Crippen LogP contribution in [0, 0.1) is 0 Å². The lowest BCUT2D eigenvalue weighted by atomic mass is 10.0. The molecule has 1 aromatic carbocycles. The van der Waals surface area contributed by atoms with Gasteiger partial charge in [0.2, 0.25) is 0 Å². The second kappa shape index (κ2) is 6.63. The van der Waals surface area contributed by atoms with Crippen LogP contribution in [-0.2, 0) is 0 Å². The number of likely N-dealkylation sites (tertiary alicyclic amines) is 1. The van der Waals surface area contributed by atoms with Crippen molar-refractivity contribution in [1.29, 1.82) is 0 Å². The van der Waals surface area contributed by atoms with E-state index in [0.29, 0.717) is 30.3 Å². The SMILES string of the molecule is CNc1cc(C2CCCN2C(=O)c2cccc3c2OCCO3)ccn1. The number of nitrogens with one attached hydrogen (secondary N) is 1. The van der Waals surface area contributed by atoms with E-state index in [-0.39, 0.29) is 11.9 Å². The molecule has 0 radical (unpaired) electrons. The molecule has 1 fully saturated rings. The van der Waals surface area contributed by atoms with Gasteiger partial charge in [-0.3, -0.25) is 4.79 Å². The lowest BCUT2D eigenvalue weighted by Crippen LogP contribution is -2.31. The van der Waals surface area contributed by atoms with Crippen LogP contribution in [0.25, 0.3) is 0 Å². The number of aromatic nitrogens is 1. The van der Waals surface area contributed by atoms with Gasteiger partial charge in [-0.1, -0.05) is 6.07 Å². The van der Waals surface area contributed by atoms with Crippen molar-refractivity contribution in [3.05, 3.63) is 47.7 Å². The zero-order valence-electron chi connectivity index (χ0n) is 14.2. The maximum atomic E-state index is 13.2. The van der Waals surface area contributed by atoms with Crippen LogP contribution >= 0.6 is 0 Å². The molecular weight excluding hydrogens is 318 g/mol. The van der Waals surface area contributed by atoms with Crippen LogP contribution in [0.2, 0.25) is 0 Å². The number of anilines is 1. The fourth-order valence-corrected chi connectivity index (χ4v) is 3.54. The number of rotatable bonds is 3. The smallest absolute Gasteiger partial charge is 0.258 e. The highest BCUT2D eigenvalue weighted by Gasteiger charge is 2.33. The van der Waals surface area contributed by atoms with Crippen molar-refractivity contribution in [2.45, 2.75) is 18.9 Å². The van der Waals surface area contributed by atoms with Crippen molar-refractivity contribution in [2.75, 3.05) is 32.1 Å². The topological polar surface area (TPSA) is 63.7 Å². The fourth-order valence-electron chi connectivity index (χ4n) is 3.54. The molecule has 6 nitrogen and oxygen atoms in total. The van der Waals surface area contributed by atoms with E-state index in [2.05, 4.69) is 10.3 Å². The summed E-state index contributed by atoms with van der Waals surface area (Å²) in [5.41, 5.74) is 1.68. The Bertz CT molecular complexity index is 793. The first-order valence-corrected chi connectivity index (χ1v) is 8.61. The Kier molecular flexibility index (Phi) is 4.17. The first-order chi connectivity index (χ1) is 12.3. The van der Waals surface area contributed by atoms with Crippen LogP contribution < -0.4 is 14.8 Å². The summed E-state index contributed by atoms with van der Waals surface area (Å²) >= 11 is 0. The molecule has 1 unspecified atom stereocenters. The van der Waals surface area contributed by atoms with E-state index >= 15 is 0 Å². The van der Waals surface area contributed by atoms with Gasteiger partial charge in [-0.15, -0.1) is 0 Å². The van der Waals surface area contributed by atoms with Crippen LogP contribution in [0.3, 0.4) is 0 Å². The number of hydrogen-bond donors (Lipinski definition) is 1. The molecule has 4 rings (SSSR count). The average Bonchev–Trinajstić information content (AvgIpc) is 3.17. The Morgan fingerprint density at radius 2 is 2.16 bits per heavy atom. The summed E-state index contributed by atoms with van der Waals surface area (Å²) < 4.78 is 11.3. The highest BCUT2D eigenvalue weighted by Crippen LogP contribution is 2.38. The van der Waals surface area contributed by atoms with Gasteiger partial charge in [-0.05, 0) is 42.7 Å². The van der Waals surface area contributed by atoms with Crippen molar-refractivity contribution in [3.8, 4) is 11.5 Å². The highest BCUT2D eigenvalue weighted by molar-refractivity contribution is 5.98. The van der Waals surface area contributed by atoms with E-state index in [1.54, 1.807) is 6.20 Å². The zero-order chi connectivity index (χ0) is 17.2. The molecule has 2 aliphatic rings. The number of amides is 1. The van der Waals surface area contributed by atoms with Gasteiger partial charge in [0.1, 0.15) is 19.0 Å². The van der Waals surface area contributed by atoms with Gasteiger partial charge in [0.15, 0.2) is 11.5 Å². The molecule has 2 aromatic rings. The molecule has 6 heteroatoms. The van der Waals surface area contributed by atoms with Crippen molar-refractivity contribution < 1.29 is 14.3 Å². The second-order valence-corrected chi connectivity index (χ2v) is 6.21. The first kappa shape index (κ1) is 15.7. The molecular formula is C19H21N3O3. The summed E-state index contributed by atoms with van der Waals surface area (Å²) in [6.07, 6.45) is 3.72. The maximum absolute atomic E-state index is 13.2. The van der Waals surface area contributed by atoms with E-state index in [4.69, 9.17) is 9.47 Å².